The maximum atomic E-state index is 6.08. The first kappa shape index (κ1) is 17.4. The third-order valence-corrected chi connectivity index (χ3v) is 7.65. The highest BCUT2D eigenvalue weighted by Crippen LogP contribution is 2.48. The fraction of sp³-hybridized carbons (Fsp3) is 0.909. The Hall–Kier alpha value is -0.460. The van der Waals surface area contributed by atoms with Gasteiger partial charge in [0.25, 0.3) is 0 Å². The molecule has 2 N–H and O–H groups in total. The summed E-state index contributed by atoms with van der Waals surface area (Å²) < 4.78 is 0. The average Bonchev–Trinajstić information content (AvgIpc) is 2.50. The van der Waals surface area contributed by atoms with E-state index in [1.807, 2.05) is 6.20 Å². The van der Waals surface area contributed by atoms with Crippen LogP contribution in [0, 0.1) is 23.2 Å². The molecule has 0 aromatic rings. The van der Waals surface area contributed by atoms with Crippen LogP contribution in [-0.4, -0.2) is 0 Å². The highest BCUT2D eigenvalue weighted by Gasteiger charge is 2.36. The lowest BCUT2D eigenvalue weighted by Gasteiger charge is -2.42. The largest absolute Gasteiger partial charge is 0.405 e. The van der Waals surface area contributed by atoms with E-state index in [0.717, 1.165) is 23.2 Å². The fourth-order valence-electron chi connectivity index (χ4n) is 5.93. The third kappa shape index (κ3) is 4.15. The average molecular weight is 318 g/mol. The van der Waals surface area contributed by atoms with E-state index in [9.17, 15) is 0 Å². The van der Waals surface area contributed by atoms with E-state index >= 15 is 0 Å². The van der Waals surface area contributed by atoms with Gasteiger partial charge in [-0.3, -0.25) is 0 Å². The fourth-order valence-corrected chi connectivity index (χ4v) is 5.93. The van der Waals surface area contributed by atoms with Crippen LogP contribution < -0.4 is 5.73 Å². The first-order valence-electron chi connectivity index (χ1n) is 10.7. The van der Waals surface area contributed by atoms with Crippen molar-refractivity contribution in [1.29, 1.82) is 0 Å². The highest BCUT2D eigenvalue weighted by molar-refractivity contribution is 5.14. The molecule has 132 valence electrons. The van der Waals surface area contributed by atoms with Gasteiger partial charge in [0, 0.05) is 0 Å². The van der Waals surface area contributed by atoms with Crippen LogP contribution >= 0.6 is 0 Å². The van der Waals surface area contributed by atoms with Gasteiger partial charge in [-0.2, -0.15) is 0 Å². The third-order valence-electron chi connectivity index (χ3n) is 7.65. The molecule has 0 bridgehead atoms. The summed E-state index contributed by atoms with van der Waals surface area (Å²) in [4.78, 5) is 0. The monoisotopic (exact) mass is 317 g/mol. The molecule has 0 amide bonds. The normalized spacial score (nSPS) is 34.0. The molecule has 0 aromatic carbocycles. The van der Waals surface area contributed by atoms with E-state index in [4.69, 9.17) is 5.73 Å². The van der Waals surface area contributed by atoms with Crippen LogP contribution in [0.2, 0.25) is 0 Å². The minimum absolute atomic E-state index is 0.724. The Morgan fingerprint density at radius 3 is 1.83 bits per heavy atom. The zero-order valence-corrected chi connectivity index (χ0v) is 15.5. The Labute approximate surface area is 144 Å². The van der Waals surface area contributed by atoms with Crippen LogP contribution in [0.25, 0.3) is 0 Å². The topological polar surface area (TPSA) is 26.0 Å². The summed E-state index contributed by atoms with van der Waals surface area (Å²) in [7, 11) is 0. The lowest BCUT2D eigenvalue weighted by atomic mass is 9.63. The van der Waals surface area contributed by atoms with Gasteiger partial charge in [-0.1, -0.05) is 51.9 Å². The second-order valence-electron chi connectivity index (χ2n) is 9.08. The quantitative estimate of drug-likeness (QED) is 0.612. The Balaban J connectivity index is 1.57. The Morgan fingerprint density at radius 1 is 0.783 bits per heavy atom. The molecule has 23 heavy (non-hydrogen) atoms. The van der Waals surface area contributed by atoms with E-state index in [2.05, 4.69) is 6.92 Å². The number of nitrogens with two attached hydrogens (primary N) is 1. The van der Waals surface area contributed by atoms with Gasteiger partial charge < -0.3 is 5.73 Å². The summed E-state index contributed by atoms with van der Waals surface area (Å²) in [6.07, 6.45) is 24.1. The molecule has 0 aliphatic heterocycles. The number of allylic oxidation sites excluding steroid dienone is 1. The molecule has 3 saturated carbocycles. The standard InChI is InChI=1S/C22H39N/c1-18-11-12-20(18)21(17-23)19-9-7-15-22(16-8-10-19)13-5-3-2-4-6-14-22/h17-20H,2-16,23H2,1H3/b21-17+. The minimum Gasteiger partial charge on any atom is -0.405 e. The molecular formula is C22H39N. The molecular weight excluding hydrogens is 278 g/mol. The Morgan fingerprint density at radius 2 is 1.35 bits per heavy atom. The van der Waals surface area contributed by atoms with E-state index in [1.54, 1.807) is 5.57 Å². The molecule has 2 atom stereocenters. The van der Waals surface area contributed by atoms with Crippen LogP contribution in [0.5, 0.6) is 0 Å². The second-order valence-corrected chi connectivity index (χ2v) is 9.08. The second kappa shape index (κ2) is 8.08. The molecule has 0 radical (unpaired) electrons. The van der Waals surface area contributed by atoms with Gasteiger partial charge in [0.05, 0.1) is 0 Å². The molecule has 0 heterocycles. The predicted octanol–water partition coefficient (Wildman–Crippen LogP) is 6.58. The van der Waals surface area contributed by atoms with Gasteiger partial charge in [0.2, 0.25) is 0 Å². The SMILES string of the molecule is CC1CCC1/C(=C/N)C1CCCC2(CCCCCCC2)CCC1. The maximum Gasteiger partial charge on any atom is -0.00647 e. The van der Waals surface area contributed by atoms with Gasteiger partial charge in [-0.05, 0) is 86.3 Å². The molecule has 0 saturated heterocycles. The first-order chi connectivity index (χ1) is 11.2. The van der Waals surface area contributed by atoms with E-state index in [-0.39, 0.29) is 0 Å². The summed E-state index contributed by atoms with van der Waals surface area (Å²) in [5.41, 5.74) is 8.44. The first-order valence-corrected chi connectivity index (χ1v) is 10.7. The summed E-state index contributed by atoms with van der Waals surface area (Å²) in [5, 5.41) is 0. The van der Waals surface area contributed by atoms with Crippen molar-refractivity contribution >= 4 is 0 Å². The number of rotatable bonds is 2. The van der Waals surface area contributed by atoms with Gasteiger partial charge >= 0.3 is 0 Å². The van der Waals surface area contributed by atoms with Crippen molar-refractivity contribution in [2.75, 3.05) is 0 Å². The minimum atomic E-state index is 0.724. The van der Waals surface area contributed by atoms with Crippen molar-refractivity contribution < 1.29 is 0 Å². The highest BCUT2D eigenvalue weighted by atomic mass is 14.5. The molecule has 2 unspecified atom stereocenters. The maximum absolute atomic E-state index is 6.08. The van der Waals surface area contributed by atoms with Crippen LogP contribution in [0.15, 0.2) is 11.8 Å². The van der Waals surface area contributed by atoms with Gasteiger partial charge in [-0.15, -0.1) is 0 Å². The Kier molecular flexibility index (Phi) is 6.10. The predicted molar refractivity (Wildman–Crippen MR) is 100 cm³/mol. The van der Waals surface area contributed by atoms with Crippen molar-refractivity contribution in [3.05, 3.63) is 11.8 Å². The van der Waals surface area contributed by atoms with Gasteiger partial charge in [0.15, 0.2) is 0 Å². The molecule has 1 spiro atoms. The summed E-state index contributed by atoms with van der Waals surface area (Å²) in [6, 6.07) is 0. The zero-order valence-electron chi connectivity index (χ0n) is 15.5. The van der Waals surface area contributed by atoms with E-state index in [0.29, 0.717) is 0 Å². The molecule has 3 rings (SSSR count). The summed E-state index contributed by atoms with van der Waals surface area (Å²) >= 11 is 0. The number of hydrogen-bond donors (Lipinski definition) is 1. The van der Waals surface area contributed by atoms with E-state index < -0.39 is 0 Å². The smallest absolute Gasteiger partial charge is 0.00647 e. The molecule has 3 aliphatic rings. The molecule has 3 fully saturated rings. The molecule has 3 aliphatic carbocycles. The van der Waals surface area contributed by atoms with Crippen LogP contribution in [-0.2, 0) is 0 Å². The van der Waals surface area contributed by atoms with Crippen LogP contribution in [0.1, 0.15) is 103 Å². The van der Waals surface area contributed by atoms with Crippen molar-refractivity contribution in [1.82, 2.24) is 0 Å². The van der Waals surface area contributed by atoms with Crippen molar-refractivity contribution in [3.63, 3.8) is 0 Å². The van der Waals surface area contributed by atoms with Crippen molar-refractivity contribution in [3.8, 4) is 0 Å². The lowest BCUT2D eigenvalue weighted by molar-refractivity contribution is 0.140. The number of hydrogen-bond acceptors (Lipinski definition) is 1. The van der Waals surface area contributed by atoms with Gasteiger partial charge in [-0.25, -0.2) is 0 Å². The van der Waals surface area contributed by atoms with E-state index in [1.165, 1.54) is 96.3 Å². The van der Waals surface area contributed by atoms with Gasteiger partial charge in [0.1, 0.15) is 0 Å². The molecule has 1 heteroatoms. The van der Waals surface area contributed by atoms with Crippen LogP contribution in [0.4, 0.5) is 0 Å². The molecule has 0 aromatic heterocycles. The summed E-state index contributed by atoms with van der Waals surface area (Å²) in [5.74, 6) is 2.51. The lowest BCUT2D eigenvalue weighted by Crippen LogP contribution is -2.30. The Bertz CT molecular complexity index is 377. The molecule has 1 nitrogen and oxygen atoms in total. The zero-order chi connectivity index (χ0) is 16.1. The van der Waals surface area contributed by atoms with Crippen molar-refractivity contribution in [2.24, 2.45) is 28.9 Å². The summed E-state index contributed by atoms with van der Waals surface area (Å²) in [6.45, 7) is 2.42. The van der Waals surface area contributed by atoms with Crippen molar-refractivity contribution in [2.45, 2.75) is 103 Å². The van der Waals surface area contributed by atoms with Crippen LogP contribution in [0.3, 0.4) is 0 Å².